The SMILES string of the molecule is CNC[C@H](O)[C@@H](O)[C@H](O)[C@H](O)CO.Cc1cc(CC(=O)O)ccc1NC(=O)c1cc(OCc2cccc(Cl)c2)ccc1C. The molecule has 1 amide bonds. The third-order valence-electron chi connectivity index (χ3n) is 6.38. The average Bonchev–Trinajstić information content (AvgIpc) is 2.97. The number of carbonyl (C=O) groups excluding carboxylic acids is 1. The maximum atomic E-state index is 12.8. The number of carboxylic acids is 1. The Bertz CT molecular complexity index is 1350. The zero-order valence-corrected chi connectivity index (χ0v) is 25.0. The zero-order valence-electron chi connectivity index (χ0n) is 24.2. The van der Waals surface area contributed by atoms with Crippen molar-refractivity contribution in [3.63, 3.8) is 0 Å². The molecule has 3 aromatic carbocycles. The zero-order chi connectivity index (χ0) is 32.1. The second-order valence-corrected chi connectivity index (χ2v) is 10.4. The third-order valence-corrected chi connectivity index (χ3v) is 6.62. The van der Waals surface area contributed by atoms with Gasteiger partial charge in [0.15, 0.2) is 0 Å². The molecule has 0 saturated carbocycles. The van der Waals surface area contributed by atoms with Crippen LogP contribution in [0.25, 0.3) is 0 Å². The summed E-state index contributed by atoms with van der Waals surface area (Å²) >= 11 is 6.00. The van der Waals surface area contributed by atoms with Crippen LogP contribution in [0.3, 0.4) is 0 Å². The molecule has 11 nitrogen and oxygen atoms in total. The van der Waals surface area contributed by atoms with Crippen molar-refractivity contribution >= 4 is 29.2 Å². The monoisotopic (exact) mass is 618 g/mol. The number of hydrogen-bond acceptors (Lipinski definition) is 9. The Morgan fingerprint density at radius 3 is 2.19 bits per heavy atom. The Morgan fingerprint density at radius 2 is 1.58 bits per heavy atom. The van der Waals surface area contributed by atoms with Crippen LogP contribution >= 0.6 is 11.6 Å². The van der Waals surface area contributed by atoms with E-state index in [9.17, 15) is 14.7 Å². The molecule has 0 aliphatic heterocycles. The fourth-order valence-electron chi connectivity index (χ4n) is 3.96. The number of aliphatic hydroxyl groups is 5. The predicted molar refractivity (Wildman–Crippen MR) is 162 cm³/mol. The van der Waals surface area contributed by atoms with Gasteiger partial charge in [-0.15, -0.1) is 0 Å². The van der Waals surface area contributed by atoms with E-state index in [0.717, 1.165) is 16.7 Å². The maximum absolute atomic E-state index is 12.8. The van der Waals surface area contributed by atoms with E-state index in [0.29, 0.717) is 34.2 Å². The first-order valence-electron chi connectivity index (χ1n) is 13.4. The van der Waals surface area contributed by atoms with Crippen LogP contribution in [0.15, 0.2) is 60.7 Å². The van der Waals surface area contributed by atoms with Crippen molar-refractivity contribution in [1.29, 1.82) is 0 Å². The van der Waals surface area contributed by atoms with Crippen molar-refractivity contribution in [2.75, 3.05) is 25.5 Å². The summed E-state index contributed by atoms with van der Waals surface area (Å²) in [7, 11) is 1.57. The van der Waals surface area contributed by atoms with Gasteiger partial charge in [0.05, 0.1) is 19.1 Å². The molecule has 3 aromatic rings. The fraction of sp³-hybridized carbons (Fsp3) is 0.355. The van der Waals surface area contributed by atoms with E-state index in [4.69, 9.17) is 41.9 Å². The second-order valence-electron chi connectivity index (χ2n) is 9.93. The summed E-state index contributed by atoms with van der Waals surface area (Å²) in [6, 6.07) is 18.0. The lowest BCUT2D eigenvalue weighted by molar-refractivity contribution is -0.136. The number of halogens is 1. The van der Waals surface area contributed by atoms with E-state index >= 15 is 0 Å². The number of nitrogens with one attached hydrogen (secondary N) is 2. The normalized spacial score (nSPS) is 13.6. The van der Waals surface area contributed by atoms with Crippen molar-refractivity contribution in [3.8, 4) is 5.75 Å². The lowest BCUT2D eigenvalue weighted by Crippen LogP contribution is -2.48. The van der Waals surface area contributed by atoms with Crippen LogP contribution in [0.1, 0.15) is 32.6 Å². The molecule has 0 aliphatic rings. The Hall–Kier alpha value is -3.55. The lowest BCUT2D eigenvalue weighted by Gasteiger charge is -2.25. The highest BCUT2D eigenvalue weighted by Crippen LogP contribution is 2.23. The van der Waals surface area contributed by atoms with Gasteiger partial charge in [-0.3, -0.25) is 9.59 Å². The van der Waals surface area contributed by atoms with E-state index < -0.39 is 37.0 Å². The number of aliphatic carboxylic acids is 1. The molecule has 234 valence electrons. The highest BCUT2D eigenvalue weighted by molar-refractivity contribution is 6.30. The quantitative estimate of drug-likeness (QED) is 0.141. The smallest absolute Gasteiger partial charge is 0.307 e. The van der Waals surface area contributed by atoms with Crippen LogP contribution < -0.4 is 15.4 Å². The van der Waals surface area contributed by atoms with Gasteiger partial charge < -0.3 is 46.0 Å². The third kappa shape index (κ3) is 11.6. The fourth-order valence-corrected chi connectivity index (χ4v) is 4.18. The number of rotatable bonds is 13. The van der Waals surface area contributed by atoms with Gasteiger partial charge in [0.25, 0.3) is 5.91 Å². The molecule has 0 aliphatic carbocycles. The van der Waals surface area contributed by atoms with Gasteiger partial charge in [0, 0.05) is 22.8 Å². The van der Waals surface area contributed by atoms with Crippen molar-refractivity contribution in [1.82, 2.24) is 5.32 Å². The number of aryl methyl sites for hydroxylation is 2. The van der Waals surface area contributed by atoms with E-state index in [1.165, 1.54) is 0 Å². The lowest BCUT2D eigenvalue weighted by atomic mass is 10.0. The van der Waals surface area contributed by atoms with Crippen LogP contribution in [0.2, 0.25) is 5.02 Å². The first kappa shape index (κ1) is 35.6. The first-order valence-corrected chi connectivity index (χ1v) is 13.8. The number of carboxylic acid groups (broad SMARTS) is 1. The molecule has 0 aromatic heterocycles. The number of aliphatic hydroxyl groups excluding tert-OH is 5. The number of amides is 1. The molecule has 0 heterocycles. The number of hydrogen-bond donors (Lipinski definition) is 8. The Kier molecular flexibility index (Phi) is 14.5. The van der Waals surface area contributed by atoms with Gasteiger partial charge in [-0.25, -0.2) is 0 Å². The predicted octanol–water partition coefficient (Wildman–Crippen LogP) is 2.06. The van der Waals surface area contributed by atoms with Crippen LogP contribution in [-0.4, -0.2) is 87.1 Å². The summed E-state index contributed by atoms with van der Waals surface area (Å²) < 4.78 is 5.83. The molecule has 0 fully saturated rings. The first-order chi connectivity index (χ1) is 20.4. The van der Waals surface area contributed by atoms with Gasteiger partial charge in [0.1, 0.15) is 30.7 Å². The van der Waals surface area contributed by atoms with E-state index in [1.807, 2.05) is 44.2 Å². The molecule has 0 bridgehead atoms. The molecule has 4 atom stereocenters. The summed E-state index contributed by atoms with van der Waals surface area (Å²) in [5.41, 5.74) is 4.39. The summed E-state index contributed by atoms with van der Waals surface area (Å²) in [5.74, 6) is -0.564. The minimum Gasteiger partial charge on any atom is -0.489 e. The largest absolute Gasteiger partial charge is 0.489 e. The molecule has 0 radical (unpaired) electrons. The number of ether oxygens (including phenoxy) is 1. The summed E-state index contributed by atoms with van der Waals surface area (Å²) in [6.07, 6.45) is -5.70. The molecular formula is C31H39ClN2O9. The Morgan fingerprint density at radius 1 is 0.884 bits per heavy atom. The van der Waals surface area contributed by atoms with Gasteiger partial charge in [0.2, 0.25) is 0 Å². The van der Waals surface area contributed by atoms with Gasteiger partial charge in [-0.05, 0) is 73.5 Å². The molecular weight excluding hydrogens is 580 g/mol. The standard InChI is InChI=1S/C24H22ClNO4.C7H17NO5/c1-15-6-8-20(30-14-18-4-3-5-19(25)11-18)13-21(15)24(29)26-22-9-7-17(10-16(22)2)12-23(27)28;1-8-2-4(10)6(12)7(13)5(11)3-9/h3-11,13H,12,14H2,1-2H3,(H,26,29)(H,27,28);4-13H,2-3H2,1H3/t;4-,5+,6+,7+/m.0/s1. The molecule has 3 rings (SSSR count). The molecule has 8 N–H and O–H groups in total. The molecule has 12 heteroatoms. The second kappa shape index (κ2) is 17.5. The Balaban J connectivity index is 0.000000420. The van der Waals surface area contributed by atoms with E-state index in [1.54, 1.807) is 37.4 Å². The van der Waals surface area contributed by atoms with Crippen LogP contribution in [0, 0.1) is 13.8 Å². The minimum atomic E-state index is -1.55. The van der Waals surface area contributed by atoms with Gasteiger partial charge in [-0.2, -0.15) is 0 Å². The van der Waals surface area contributed by atoms with Gasteiger partial charge >= 0.3 is 5.97 Å². The number of likely N-dealkylation sites (N-methyl/N-ethyl adjacent to an activating group) is 1. The Labute approximate surface area is 255 Å². The summed E-state index contributed by atoms with van der Waals surface area (Å²) in [4.78, 5) is 23.7. The van der Waals surface area contributed by atoms with Gasteiger partial charge in [-0.1, -0.05) is 41.9 Å². The van der Waals surface area contributed by atoms with Crippen molar-refractivity contribution in [2.24, 2.45) is 0 Å². The van der Waals surface area contributed by atoms with Crippen molar-refractivity contribution in [3.05, 3.63) is 93.5 Å². The van der Waals surface area contributed by atoms with Crippen molar-refractivity contribution < 1.29 is 45.0 Å². The number of anilines is 1. The maximum Gasteiger partial charge on any atom is 0.307 e. The van der Waals surface area contributed by atoms with Crippen LogP contribution in [0.4, 0.5) is 5.69 Å². The van der Waals surface area contributed by atoms with Crippen LogP contribution in [-0.2, 0) is 17.8 Å². The molecule has 0 saturated heterocycles. The highest BCUT2D eigenvalue weighted by Gasteiger charge is 2.29. The summed E-state index contributed by atoms with van der Waals surface area (Å²) in [5, 5.41) is 59.9. The number of benzene rings is 3. The highest BCUT2D eigenvalue weighted by atomic mass is 35.5. The summed E-state index contributed by atoms with van der Waals surface area (Å²) in [6.45, 7) is 3.46. The van der Waals surface area contributed by atoms with Crippen LogP contribution in [0.5, 0.6) is 5.75 Å². The van der Waals surface area contributed by atoms with E-state index in [2.05, 4.69) is 10.6 Å². The molecule has 0 unspecified atom stereocenters. The molecule has 0 spiro atoms. The van der Waals surface area contributed by atoms with E-state index in [-0.39, 0.29) is 18.9 Å². The topological polar surface area (TPSA) is 189 Å². The average molecular weight is 619 g/mol. The number of carbonyl (C=O) groups is 2. The minimum absolute atomic E-state index is 0.0554. The van der Waals surface area contributed by atoms with Crippen molar-refractivity contribution in [2.45, 2.75) is 51.3 Å². The molecule has 43 heavy (non-hydrogen) atoms.